The number of benzene rings is 2. The molecule has 0 fully saturated rings. The normalized spacial score (nSPS) is 10.1. The van der Waals surface area contributed by atoms with Crippen molar-refractivity contribution in [1.82, 2.24) is 10.3 Å². The van der Waals surface area contributed by atoms with Crippen molar-refractivity contribution < 1.29 is 24.0 Å². The van der Waals surface area contributed by atoms with E-state index in [1.165, 1.54) is 37.6 Å². The van der Waals surface area contributed by atoms with Crippen LogP contribution in [0, 0.1) is 10.1 Å². The van der Waals surface area contributed by atoms with Gasteiger partial charge in [0.25, 0.3) is 17.5 Å². The summed E-state index contributed by atoms with van der Waals surface area (Å²) in [5.74, 6) is -1.21. The second-order valence-corrected chi connectivity index (χ2v) is 6.65. The van der Waals surface area contributed by atoms with Gasteiger partial charge in [0.1, 0.15) is 5.75 Å². The van der Waals surface area contributed by atoms with Crippen LogP contribution in [0.25, 0.3) is 0 Å². The fourth-order valence-electron chi connectivity index (χ4n) is 2.79. The number of carbonyl (C=O) groups is 3. The van der Waals surface area contributed by atoms with Crippen LogP contribution >= 0.6 is 0 Å². The molecule has 33 heavy (non-hydrogen) atoms. The molecule has 0 aliphatic heterocycles. The SMILES string of the molecule is COc1cc(NC(=O)CNC(=O)c2cccc([N+](=O)[O-])c2)ccc1NC(=O)c1cccnc1. The minimum Gasteiger partial charge on any atom is -0.494 e. The van der Waals surface area contributed by atoms with Gasteiger partial charge in [-0.15, -0.1) is 0 Å². The van der Waals surface area contributed by atoms with Crippen molar-refractivity contribution in [3.63, 3.8) is 0 Å². The number of methoxy groups -OCH3 is 1. The maximum absolute atomic E-state index is 12.3. The van der Waals surface area contributed by atoms with Crippen molar-refractivity contribution in [2.24, 2.45) is 0 Å². The summed E-state index contributed by atoms with van der Waals surface area (Å²) in [4.78, 5) is 50.8. The van der Waals surface area contributed by atoms with Gasteiger partial charge in [-0.2, -0.15) is 0 Å². The molecule has 0 aliphatic carbocycles. The summed E-state index contributed by atoms with van der Waals surface area (Å²) in [6.07, 6.45) is 2.99. The number of pyridine rings is 1. The van der Waals surface area contributed by atoms with E-state index in [9.17, 15) is 24.5 Å². The quantitative estimate of drug-likeness (QED) is 0.353. The van der Waals surface area contributed by atoms with Crippen LogP contribution in [0.15, 0.2) is 67.0 Å². The van der Waals surface area contributed by atoms with E-state index in [1.54, 1.807) is 30.5 Å². The zero-order valence-corrected chi connectivity index (χ0v) is 17.4. The van der Waals surface area contributed by atoms with Crippen LogP contribution in [0.3, 0.4) is 0 Å². The Balaban J connectivity index is 1.59. The molecule has 0 radical (unpaired) electrons. The summed E-state index contributed by atoms with van der Waals surface area (Å²) >= 11 is 0. The number of amides is 3. The van der Waals surface area contributed by atoms with E-state index in [1.807, 2.05) is 0 Å². The van der Waals surface area contributed by atoms with Crippen LogP contribution in [0.1, 0.15) is 20.7 Å². The highest BCUT2D eigenvalue weighted by Crippen LogP contribution is 2.28. The van der Waals surface area contributed by atoms with Crippen LogP contribution in [-0.2, 0) is 4.79 Å². The summed E-state index contributed by atoms with van der Waals surface area (Å²) in [6.45, 7) is -0.358. The maximum Gasteiger partial charge on any atom is 0.270 e. The van der Waals surface area contributed by atoms with Crippen molar-refractivity contribution in [3.8, 4) is 5.75 Å². The summed E-state index contributed by atoms with van der Waals surface area (Å²) in [5, 5.41) is 18.5. The lowest BCUT2D eigenvalue weighted by molar-refractivity contribution is -0.384. The smallest absolute Gasteiger partial charge is 0.270 e. The number of anilines is 2. The minimum absolute atomic E-state index is 0.0624. The van der Waals surface area contributed by atoms with Gasteiger partial charge in [-0.25, -0.2) is 0 Å². The van der Waals surface area contributed by atoms with Crippen LogP contribution < -0.4 is 20.7 Å². The molecule has 3 aromatic rings. The zero-order chi connectivity index (χ0) is 23.8. The highest BCUT2D eigenvalue weighted by atomic mass is 16.6. The summed E-state index contributed by atoms with van der Waals surface area (Å²) in [5.41, 5.74) is 0.975. The number of nitrogens with zero attached hydrogens (tertiary/aromatic N) is 2. The number of rotatable bonds is 8. The van der Waals surface area contributed by atoms with E-state index in [2.05, 4.69) is 20.9 Å². The third-order valence-corrected chi connectivity index (χ3v) is 4.39. The molecule has 3 amide bonds. The lowest BCUT2D eigenvalue weighted by Gasteiger charge is -2.13. The van der Waals surface area contributed by atoms with E-state index in [4.69, 9.17) is 4.74 Å². The third-order valence-electron chi connectivity index (χ3n) is 4.39. The second kappa shape index (κ2) is 10.5. The fraction of sp³-hybridized carbons (Fsp3) is 0.0909. The Morgan fingerprint density at radius 1 is 1.00 bits per heavy atom. The summed E-state index contributed by atoms with van der Waals surface area (Å²) < 4.78 is 5.28. The average Bonchev–Trinajstić information content (AvgIpc) is 2.84. The van der Waals surface area contributed by atoms with E-state index >= 15 is 0 Å². The maximum atomic E-state index is 12.3. The molecule has 0 saturated carbocycles. The molecule has 3 rings (SSSR count). The third kappa shape index (κ3) is 6.10. The van der Waals surface area contributed by atoms with E-state index in [-0.39, 0.29) is 23.7 Å². The van der Waals surface area contributed by atoms with E-state index in [0.29, 0.717) is 22.7 Å². The number of hydrogen-bond donors (Lipinski definition) is 3. The molecular formula is C22H19N5O6. The molecule has 0 aliphatic rings. The Hall–Kier alpha value is -4.80. The Bertz CT molecular complexity index is 1200. The highest BCUT2D eigenvalue weighted by molar-refractivity contribution is 6.05. The van der Waals surface area contributed by atoms with Gasteiger partial charge in [-0.1, -0.05) is 6.07 Å². The van der Waals surface area contributed by atoms with Crippen molar-refractivity contribution in [2.75, 3.05) is 24.3 Å². The molecule has 0 saturated heterocycles. The van der Waals surface area contributed by atoms with Gasteiger partial charge >= 0.3 is 0 Å². The topological polar surface area (TPSA) is 153 Å². The fourth-order valence-corrected chi connectivity index (χ4v) is 2.79. The Kier molecular flexibility index (Phi) is 7.27. The van der Waals surface area contributed by atoms with Gasteiger partial charge in [0, 0.05) is 41.8 Å². The number of aromatic nitrogens is 1. The van der Waals surface area contributed by atoms with Crippen LogP contribution in [0.4, 0.5) is 17.1 Å². The van der Waals surface area contributed by atoms with Gasteiger partial charge in [-0.3, -0.25) is 29.5 Å². The van der Waals surface area contributed by atoms with Crippen molar-refractivity contribution in [2.45, 2.75) is 0 Å². The molecule has 1 heterocycles. The Morgan fingerprint density at radius 2 is 1.79 bits per heavy atom. The average molecular weight is 449 g/mol. The molecular weight excluding hydrogens is 430 g/mol. The van der Waals surface area contributed by atoms with Gasteiger partial charge in [-0.05, 0) is 30.3 Å². The molecule has 11 nitrogen and oxygen atoms in total. The molecule has 2 aromatic carbocycles. The second-order valence-electron chi connectivity index (χ2n) is 6.65. The van der Waals surface area contributed by atoms with Crippen LogP contribution in [0.5, 0.6) is 5.75 Å². The lowest BCUT2D eigenvalue weighted by atomic mass is 10.2. The lowest BCUT2D eigenvalue weighted by Crippen LogP contribution is -2.32. The number of carbonyl (C=O) groups excluding carboxylic acids is 3. The van der Waals surface area contributed by atoms with E-state index in [0.717, 1.165) is 6.07 Å². The highest BCUT2D eigenvalue weighted by Gasteiger charge is 2.14. The molecule has 168 valence electrons. The summed E-state index contributed by atoms with van der Waals surface area (Å²) in [7, 11) is 1.42. The molecule has 11 heteroatoms. The molecule has 0 atom stereocenters. The summed E-state index contributed by atoms with van der Waals surface area (Å²) in [6, 6.07) is 13.1. The Morgan fingerprint density at radius 3 is 2.48 bits per heavy atom. The number of hydrogen-bond acceptors (Lipinski definition) is 7. The first-order valence-electron chi connectivity index (χ1n) is 9.59. The van der Waals surface area contributed by atoms with Gasteiger partial charge in [0.15, 0.2) is 0 Å². The van der Waals surface area contributed by atoms with Gasteiger partial charge < -0.3 is 20.7 Å². The monoisotopic (exact) mass is 449 g/mol. The first kappa shape index (κ1) is 22.9. The largest absolute Gasteiger partial charge is 0.494 e. The molecule has 0 bridgehead atoms. The molecule has 0 spiro atoms. The number of non-ortho nitro benzene ring substituents is 1. The number of ether oxygens (including phenoxy) is 1. The number of nitro benzene ring substituents is 1. The Labute approximate surface area is 187 Å². The van der Waals surface area contributed by atoms with Gasteiger partial charge in [0.05, 0.1) is 29.8 Å². The molecule has 0 unspecified atom stereocenters. The number of nitrogens with one attached hydrogen (secondary N) is 3. The van der Waals surface area contributed by atoms with Crippen LogP contribution in [0.2, 0.25) is 0 Å². The van der Waals surface area contributed by atoms with Gasteiger partial charge in [0.2, 0.25) is 5.91 Å². The van der Waals surface area contributed by atoms with E-state index < -0.39 is 16.7 Å². The molecule has 1 aromatic heterocycles. The predicted molar refractivity (Wildman–Crippen MR) is 119 cm³/mol. The van der Waals surface area contributed by atoms with Crippen molar-refractivity contribution >= 4 is 34.8 Å². The first-order valence-corrected chi connectivity index (χ1v) is 9.59. The standard InChI is InChI=1S/C22H19N5O6/c1-33-19-11-16(7-8-18(19)26-22(30)15-5-3-9-23-12-15)25-20(28)13-24-21(29)14-4-2-6-17(10-14)27(31)32/h2-12H,13H2,1H3,(H,24,29)(H,25,28)(H,26,30). The van der Waals surface area contributed by atoms with Crippen molar-refractivity contribution in [1.29, 1.82) is 0 Å². The minimum atomic E-state index is -0.625. The zero-order valence-electron chi connectivity index (χ0n) is 17.4. The van der Waals surface area contributed by atoms with Crippen molar-refractivity contribution in [3.05, 3.63) is 88.2 Å². The number of nitro groups is 1. The first-order chi connectivity index (χ1) is 15.9. The predicted octanol–water partition coefficient (Wildman–Crippen LogP) is 2.62. The van der Waals surface area contributed by atoms with Crippen LogP contribution in [-0.4, -0.2) is 41.3 Å². The molecule has 3 N–H and O–H groups in total.